The summed E-state index contributed by atoms with van der Waals surface area (Å²) in [7, 11) is 0. The molecule has 0 aliphatic heterocycles. The number of fused-ring (bicyclic) bond motifs is 1. The molecule has 0 bridgehead atoms. The lowest BCUT2D eigenvalue weighted by molar-refractivity contribution is 0.0559. The van der Waals surface area contributed by atoms with Gasteiger partial charge < -0.3 is 20.9 Å². The van der Waals surface area contributed by atoms with Crippen LogP contribution in [0.4, 0.5) is 10.2 Å². The number of rotatable bonds is 6. The van der Waals surface area contributed by atoms with E-state index in [4.69, 9.17) is 22.1 Å². The Morgan fingerprint density at radius 1 is 1.39 bits per heavy atom. The highest BCUT2D eigenvalue weighted by Crippen LogP contribution is 2.40. The molecular formula is C23H27ClFN5O3. The summed E-state index contributed by atoms with van der Waals surface area (Å²) in [6.07, 6.45) is 3.39. The Labute approximate surface area is 195 Å². The number of nitrogens with one attached hydrogen (secondary N) is 1. The second kappa shape index (κ2) is 8.79. The number of amides is 1. The average Bonchev–Trinajstić information content (AvgIpc) is 3.06. The van der Waals surface area contributed by atoms with Crippen molar-refractivity contribution in [1.82, 2.24) is 19.7 Å². The van der Waals surface area contributed by atoms with Gasteiger partial charge in [0, 0.05) is 29.9 Å². The molecule has 1 aliphatic rings. The Hall–Kier alpha value is -2.91. The van der Waals surface area contributed by atoms with Gasteiger partial charge in [0.2, 0.25) is 0 Å². The van der Waals surface area contributed by atoms with E-state index in [0.717, 1.165) is 0 Å². The molecule has 1 saturated carbocycles. The molecule has 33 heavy (non-hydrogen) atoms. The fourth-order valence-electron chi connectivity index (χ4n) is 4.19. The first-order valence-corrected chi connectivity index (χ1v) is 11.2. The van der Waals surface area contributed by atoms with E-state index in [0.29, 0.717) is 41.3 Å². The van der Waals surface area contributed by atoms with Gasteiger partial charge in [-0.2, -0.15) is 0 Å². The molecule has 0 unspecified atom stereocenters. The minimum absolute atomic E-state index is 0.119. The first-order valence-electron chi connectivity index (χ1n) is 10.8. The largest absolute Gasteiger partial charge is 0.490 e. The van der Waals surface area contributed by atoms with Crippen LogP contribution in [0, 0.1) is 12.7 Å². The standard InChI is InChI=1S/C23H27ClFN5O3/c1-10(2)33-20-15(11(3)22-28-12(4)19-21(26)27-5-6-30(19)22)9-16(24)18(25)17(20)23(32)29-13-7-14(31)8-13/h5-6,9-11,13-14,31H,7-8H2,1-4H3,(H2,26,27)(H,29,32)/t11-,13?,14?/m0/s1. The maximum absolute atomic E-state index is 15.2. The third-order valence-electron chi connectivity index (χ3n) is 5.87. The van der Waals surface area contributed by atoms with Crippen molar-refractivity contribution >= 4 is 28.8 Å². The van der Waals surface area contributed by atoms with Crippen molar-refractivity contribution in [2.75, 3.05) is 5.73 Å². The molecule has 4 N–H and O–H groups in total. The smallest absolute Gasteiger partial charge is 0.258 e. The number of hydrogen-bond donors (Lipinski definition) is 3. The van der Waals surface area contributed by atoms with E-state index < -0.39 is 23.7 Å². The maximum Gasteiger partial charge on any atom is 0.258 e. The Balaban J connectivity index is 1.85. The maximum atomic E-state index is 15.2. The van der Waals surface area contributed by atoms with Gasteiger partial charge >= 0.3 is 0 Å². The number of anilines is 1. The molecule has 1 aromatic carbocycles. The van der Waals surface area contributed by atoms with Gasteiger partial charge in [-0.3, -0.25) is 9.20 Å². The monoisotopic (exact) mass is 475 g/mol. The predicted molar refractivity (Wildman–Crippen MR) is 123 cm³/mol. The quantitative estimate of drug-likeness (QED) is 0.501. The minimum atomic E-state index is -0.849. The molecule has 4 rings (SSSR count). The van der Waals surface area contributed by atoms with Gasteiger partial charge in [0.05, 0.1) is 22.9 Å². The fraction of sp³-hybridized carbons (Fsp3) is 0.435. The molecule has 8 nitrogen and oxygen atoms in total. The number of carbonyl (C=O) groups is 1. The van der Waals surface area contributed by atoms with Crippen LogP contribution < -0.4 is 15.8 Å². The van der Waals surface area contributed by atoms with Crippen LogP contribution in [-0.4, -0.2) is 43.6 Å². The van der Waals surface area contributed by atoms with E-state index in [1.807, 2.05) is 18.2 Å². The van der Waals surface area contributed by atoms with E-state index in [2.05, 4.69) is 15.3 Å². The molecule has 0 radical (unpaired) electrons. The summed E-state index contributed by atoms with van der Waals surface area (Å²) in [4.78, 5) is 21.9. The van der Waals surface area contributed by atoms with Gasteiger partial charge in [-0.1, -0.05) is 18.5 Å². The lowest BCUT2D eigenvalue weighted by Crippen LogP contribution is -2.47. The van der Waals surface area contributed by atoms with Crippen LogP contribution in [0.5, 0.6) is 5.75 Å². The lowest BCUT2D eigenvalue weighted by Gasteiger charge is -2.32. The molecular weight excluding hydrogens is 449 g/mol. The van der Waals surface area contributed by atoms with Crippen molar-refractivity contribution in [2.45, 2.75) is 64.7 Å². The number of nitrogen functional groups attached to an aromatic ring is 1. The Kier molecular flexibility index (Phi) is 6.20. The second-order valence-corrected chi connectivity index (χ2v) is 9.14. The van der Waals surface area contributed by atoms with Crippen LogP contribution in [0.1, 0.15) is 67.0 Å². The highest BCUT2D eigenvalue weighted by molar-refractivity contribution is 6.31. The molecule has 1 aliphatic carbocycles. The number of nitrogens with zero attached hydrogens (tertiary/aromatic N) is 3. The van der Waals surface area contributed by atoms with Gasteiger partial charge in [-0.05, 0) is 39.7 Å². The van der Waals surface area contributed by atoms with Crippen molar-refractivity contribution < 1.29 is 19.0 Å². The van der Waals surface area contributed by atoms with Crippen molar-refractivity contribution in [2.24, 2.45) is 0 Å². The van der Waals surface area contributed by atoms with Crippen LogP contribution in [0.3, 0.4) is 0 Å². The zero-order valence-electron chi connectivity index (χ0n) is 18.9. The number of nitrogens with two attached hydrogens (primary N) is 1. The van der Waals surface area contributed by atoms with Crippen LogP contribution in [-0.2, 0) is 0 Å². The number of ether oxygens (including phenoxy) is 1. The molecule has 0 saturated heterocycles. The SMILES string of the molecule is Cc1nc([C@@H](C)c2cc(Cl)c(F)c(C(=O)NC3CC(O)C3)c2OC(C)C)n2ccnc(N)c12. The van der Waals surface area contributed by atoms with Crippen LogP contribution >= 0.6 is 11.6 Å². The highest BCUT2D eigenvalue weighted by Gasteiger charge is 2.33. The number of aryl methyl sites for hydroxylation is 1. The normalized spacial score (nSPS) is 18.9. The minimum Gasteiger partial charge on any atom is -0.490 e. The summed E-state index contributed by atoms with van der Waals surface area (Å²) in [6, 6.07) is 1.25. The van der Waals surface area contributed by atoms with Gasteiger partial charge in [0.25, 0.3) is 5.91 Å². The van der Waals surface area contributed by atoms with Crippen LogP contribution in [0.25, 0.3) is 5.52 Å². The lowest BCUT2D eigenvalue weighted by atomic mass is 9.89. The summed E-state index contributed by atoms with van der Waals surface area (Å²) in [5.41, 5.74) is 7.70. The van der Waals surface area contributed by atoms with E-state index in [1.165, 1.54) is 6.07 Å². The second-order valence-electron chi connectivity index (χ2n) is 8.74. The van der Waals surface area contributed by atoms with E-state index >= 15 is 4.39 Å². The molecule has 0 spiro atoms. The topological polar surface area (TPSA) is 115 Å². The summed E-state index contributed by atoms with van der Waals surface area (Å²) in [5, 5.41) is 12.1. The molecule has 1 amide bonds. The Morgan fingerprint density at radius 3 is 2.73 bits per heavy atom. The number of halogens is 2. The van der Waals surface area contributed by atoms with Crippen molar-refractivity contribution in [1.29, 1.82) is 0 Å². The highest BCUT2D eigenvalue weighted by atomic mass is 35.5. The summed E-state index contributed by atoms with van der Waals surface area (Å²) >= 11 is 6.25. The number of aromatic nitrogens is 3. The molecule has 2 aromatic heterocycles. The Bertz CT molecular complexity index is 1220. The fourth-order valence-corrected chi connectivity index (χ4v) is 4.40. The van der Waals surface area contributed by atoms with E-state index in [9.17, 15) is 9.90 Å². The average molecular weight is 476 g/mol. The number of hydrogen-bond acceptors (Lipinski definition) is 6. The van der Waals surface area contributed by atoms with E-state index in [-0.39, 0.29) is 28.5 Å². The molecule has 3 aromatic rings. The zero-order chi connectivity index (χ0) is 24.0. The first kappa shape index (κ1) is 23.3. The zero-order valence-corrected chi connectivity index (χ0v) is 19.7. The molecule has 2 heterocycles. The summed E-state index contributed by atoms with van der Waals surface area (Å²) in [6.45, 7) is 7.31. The number of carbonyl (C=O) groups excluding carboxylic acids is 1. The number of imidazole rings is 1. The van der Waals surface area contributed by atoms with Crippen molar-refractivity contribution in [3.63, 3.8) is 0 Å². The van der Waals surface area contributed by atoms with Gasteiger partial charge in [0.1, 0.15) is 28.5 Å². The summed E-state index contributed by atoms with van der Waals surface area (Å²) < 4.78 is 23.0. The number of benzene rings is 1. The molecule has 1 atom stereocenters. The first-order chi connectivity index (χ1) is 15.6. The number of aliphatic hydroxyl groups is 1. The third kappa shape index (κ3) is 4.22. The Morgan fingerprint density at radius 2 is 2.09 bits per heavy atom. The van der Waals surface area contributed by atoms with Crippen LogP contribution in [0.15, 0.2) is 18.5 Å². The molecule has 10 heteroatoms. The molecule has 1 fully saturated rings. The van der Waals surface area contributed by atoms with Crippen molar-refractivity contribution in [3.05, 3.63) is 51.9 Å². The van der Waals surface area contributed by atoms with Gasteiger partial charge in [-0.15, -0.1) is 0 Å². The third-order valence-corrected chi connectivity index (χ3v) is 6.14. The number of aliphatic hydroxyl groups excluding tert-OH is 1. The predicted octanol–water partition coefficient (Wildman–Crippen LogP) is 3.60. The van der Waals surface area contributed by atoms with Gasteiger partial charge in [-0.25, -0.2) is 14.4 Å². The van der Waals surface area contributed by atoms with Gasteiger partial charge in [0.15, 0.2) is 5.82 Å². The van der Waals surface area contributed by atoms with Crippen LogP contribution in [0.2, 0.25) is 5.02 Å². The van der Waals surface area contributed by atoms with Crippen molar-refractivity contribution in [3.8, 4) is 5.75 Å². The molecule has 176 valence electrons. The summed E-state index contributed by atoms with van der Waals surface area (Å²) in [5.74, 6) is -0.808. The van der Waals surface area contributed by atoms with E-state index in [1.54, 1.807) is 26.2 Å².